The van der Waals surface area contributed by atoms with Crippen LogP contribution in [0.2, 0.25) is 0 Å². The first-order valence-electron chi connectivity index (χ1n) is 15.7. The smallest absolute Gasteiger partial charge is 0.408 e. The van der Waals surface area contributed by atoms with E-state index in [0.29, 0.717) is 37.5 Å². The van der Waals surface area contributed by atoms with Gasteiger partial charge in [0.1, 0.15) is 28.5 Å². The number of nitrogens with one attached hydrogen (secondary N) is 1. The van der Waals surface area contributed by atoms with Crippen LogP contribution < -0.4 is 15.5 Å². The fourth-order valence-electron chi connectivity index (χ4n) is 5.01. The third-order valence-corrected chi connectivity index (χ3v) is 8.47. The molecule has 1 aliphatic heterocycles. The molecule has 256 valence electrons. The van der Waals surface area contributed by atoms with E-state index in [-0.39, 0.29) is 53.3 Å². The van der Waals surface area contributed by atoms with E-state index in [1.54, 1.807) is 20.8 Å². The van der Waals surface area contributed by atoms with E-state index in [1.165, 1.54) is 11.0 Å². The van der Waals surface area contributed by atoms with Gasteiger partial charge in [-0.2, -0.15) is 0 Å². The quantitative estimate of drug-likeness (QED) is 0.225. The maximum Gasteiger partial charge on any atom is 0.408 e. The van der Waals surface area contributed by atoms with Crippen molar-refractivity contribution in [1.82, 2.24) is 20.4 Å². The van der Waals surface area contributed by atoms with E-state index < -0.39 is 40.2 Å². The van der Waals surface area contributed by atoms with Gasteiger partial charge in [0.15, 0.2) is 5.01 Å². The number of unbranched alkanes of at least 4 members (excludes halogenated alkanes) is 1. The van der Waals surface area contributed by atoms with Gasteiger partial charge in [0.25, 0.3) is 5.91 Å². The molecule has 1 fully saturated rings. The van der Waals surface area contributed by atoms with Crippen molar-refractivity contribution in [2.45, 2.75) is 90.8 Å². The number of nitrogens with zero attached hydrogens (tertiary/aromatic N) is 3. The monoisotopic (exact) mass is 676 g/mol. The van der Waals surface area contributed by atoms with Gasteiger partial charge in [0.05, 0.1) is 17.7 Å². The van der Waals surface area contributed by atoms with E-state index in [0.717, 1.165) is 36.2 Å². The fraction of sp³-hybridized carbons (Fsp3) is 0.545. The SMILES string of the molecule is CCCCOc1c(C(=O)N(CC2(NC(=O)OC(C)(C)C)CCOCC2)C(C)C)occ(-c2nnc(Cc3ccc(F)cc3F)s2)c1=O. The zero-order chi connectivity index (χ0) is 34.4. The lowest BCUT2D eigenvalue weighted by atomic mass is 9.88. The minimum atomic E-state index is -0.850. The number of carbonyl (C=O) groups is 2. The molecule has 3 aromatic rings. The van der Waals surface area contributed by atoms with Crippen molar-refractivity contribution in [3.05, 3.63) is 62.7 Å². The maximum atomic E-state index is 14.2. The molecule has 0 saturated carbocycles. The Hall–Kier alpha value is -3.91. The standard InChI is InChI=1S/C33H42F2N4O7S/c1-7-8-13-44-27-26(40)23(29-38-37-25(47-29)16-21-9-10-22(34)17-24(21)35)18-45-28(27)30(41)39(20(2)3)19-33(11-14-43-15-12-33)36-31(42)46-32(4,5)6/h9-10,17-18,20H,7-8,11-16,19H2,1-6H3,(H,36,42). The lowest BCUT2D eigenvalue weighted by molar-refractivity contribution is 0.00221. The zero-order valence-electron chi connectivity index (χ0n) is 27.6. The molecular weight excluding hydrogens is 634 g/mol. The Morgan fingerprint density at radius 2 is 1.89 bits per heavy atom. The van der Waals surface area contributed by atoms with E-state index in [1.807, 2.05) is 20.8 Å². The Balaban J connectivity index is 1.66. The number of benzene rings is 1. The Morgan fingerprint density at radius 3 is 2.53 bits per heavy atom. The second-order valence-electron chi connectivity index (χ2n) is 12.8. The number of ether oxygens (including phenoxy) is 3. The Bertz CT molecular complexity index is 1610. The lowest BCUT2D eigenvalue weighted by Crippen LogP contribution is -2.60. The van der Waals surface area contributed by atoms with Crippen molar-refractivity contribution in [3.63, 3.8) is 0 Å². The number of alkyl carbamates (subject to hydrolysis) is 1. The lowest BCUT2D eigenvalue weighted by Gasteiger charge is -2.42. The highest BCUT2D eigenvalue weighted by Gasteiger charge is 2.40. The molecule has 0 unspecified atom stereocenters. The molecule has 1 saturated heterocycles. The van der Waals surface area contributed by atoms with Crippen LogP contribution in [-0.2, 0) is 15.9 Å². The molecule has 2 amide bonds. The summed E-state index contributed by atoms with van der Waals surface area (Å²) in [5.41, 5.74) is -1.92. The van der Waals surface area contributed by atoms with E-state index in [9.17, 15) is 23.2 Å². The molecule has 0 spiro atoms. The third-order valence-electron chi connectivity index (χ3n) is 7.52. The van der Waals surface area contributed by atoms with Crippen LogP contribution in [0.15, 0.2) is 33.7 Å². The van der Waals surface area contributed by atoms with Gasteiger partial charge < -0.3 is 28.8 Å². The third kappa shape index (κ3) is 9.34. The summed E-state index contributed by atoms with van der Waals surface area (Å²) in [6, 6.07) is 2.92. The number of carbonyl (C=O) groups excluding carboxylic acids is 2. The van der Waals surface area contributed by atoms with Crippen LogP contribution >= 0.6 is 11.3 Å². The molecule has 0 aliphatic carbocycles. The molecule has 11 nitrogen and oxygen atoms in total. The molecule has 1 aromatic carbocycles. The average molecular weight is 677 g/mol. The van der Waals surface area contributed by atoms with Crippen molar-refractivity contribution >= 4 is 23.3 Å². The summed E-state index contributed by atoms with van der Waals surface area (Å²) in [6.07, 6.45) is 2.87. The van der Waals surface area contributed by atoms with E-state index in [4.69, 9.17) is 18.6 Å². The number of aromatic nitrogens is 2. The highest BCUT2D eigenvalue weighted by molar-refractivity contribution is 7.14. The summed E-state index contributed by atoms with van der Waals surface area (Å²) in [5.74, 6) is -2.52. The number of hydrogen-bond donors (Lipinski definition) is 1. The number of amides is 2. The molecule has 1 aliphatic rings. The topological polar surface area (TPSA) is 133 Å². The number of hydrogen-bond acceptors (Lipinski definition) is 10. The highest BCUT2D eigenvalue weighted by atomic mass is 32.1. The van der Waals surface area contributed by atoms with Crippen molar-refractivity contribution in [3.8, 4) is 16.3 Å². The van der Waals surface area contributed by atoms with Crippen LogP contribution in [0.3, 0.4) is 0 Å². The molecule has 3 heterocycles. The normalized spacial score (nSPS) is 14.6. The van der Waals surface area contributed by atoms with Crippen molar-refractivity contribution in [2.75, 3.05) is 26.4 Å². The predicted octanol–water partition coefficient (Wildman–Crippen LogP) is 6.13. The van der Waals surface area contributed by atoms with Gasteiger partial charge in [-0.15, -0.1) is 10.2 Å². The molecule has 0 atom stereocenters. The van der Waals surface area contributed by atoms with Gasteiger partial charge >= 0.3 is 6.09 Å². The Morgan fingerprint density at radius 1 is 1.17 bits per heavy atom. The maximum absolute atomic E-state index is 14.2. The van der Waals surface area contributed by atoms with Crippen molar-refractivity contribution in [1.29, 1.82) is 0 Å². The van der Waals surface area contributed by atoms with Crippen LogP contribution in [-0.4, -0.2) is 70.6 Å². The summed E-state index contributed by atoms with van der Waals surface area (Å²) in [7, 11) is 0. The van der Waals surface area contributed by atoms with Gasteiger partial charge in [-0.05, 0) is 65.5 Å². The first-order chi connectivity index (χ1) is 22.2. The largest absolute Gasteiger partial charge is 0.486 e. The molecule has 47 heavy (non-hydrogen) atoms. The van der Waals surface area contributed by atoms with Gasteiger partial charge in [-0.3, -0.25) is 9.59 Å². The van der Waals surface area contributed by atoms with Gasteiger partial charge in [0, 0.05) is 38.3 Å². The molecule has 1 N–H and O–H groups in total. The van der Waals surface area contributed by atoms with Crippen LogP contribution in [0.1, 0.15) is 88.4 Å². The van der Waals surface area contributed by atoms with Gasteiger partial charge in [0.2, 0.25) is 16.9 Å². The first-order valence-corrected chi connectivity index (χ1v) is 16.5. The fourth-order valence-corrected chi connectivity index (χ4v) is 5.87. The first kappa shape index (κ1) is 35.9. The molecule has 0 radical (unpaired) electrons. The van der Waals surface area contributed by atoms with Crippen LogP contribution in [0.4, 0.5) is 13.6 Å². The summed E-state index contributed by atoms with van der Waals surface area (Å²) >= 11 is 1.05. The highest BCUT2D eigenvalue weighted by Crippen LogP contribution is 2.30. The predicted molar refractivity (Wildman–Crippen MR) is 172 cm³/mol. The number of halogens is 2. The molecular formula is C33H42F2N4O7S. The number of rotatable bonds is 12. The minimum absolute atomic E-state index is 0.0277. The van der Waals surface area contributed by atoms with Crippen LogP contribution in [0.25, 0.3) is 10.6 Å². The molecule has 14 heteroatoms. The van der Waals surface area contributed by atoms with Gasteiger partial charge in [-0.25, -0.2) is 13.6 Å². The second-order valence-corrected chi connectivity index (χ2v) is 13.9. The Kier molecular flexibility index (Phi) is 11.7. The second kappa shape index (κ2) is 15.3. The summed E-state index contributed by atoms with van der Waals surface area (Å²) in [5, 5.41) is 11.8. The summed E-state index contributed by atoms with van der Waals surface area (Å²) in [4.78, 5) is 42.5. The van der Waals surface area contributed by atoms with Crippen molar-refractivity contribution < 1.29 is 37.0 Å². The van der Waals surface area contributed by atoms with Crippen molar-refractivity contribution in [2.24, 2.45) is 0 Å². The molecule has 2 aromatic heterocycles. The van der Waals surface area contributed by atoms with E-state index in [2.05, 4.69) is 15.5 Å². The summed E-state index contributed by atoms with van der Waals surface area (Å²) in [6.45, 7) is 12.0. The average Bonchev–Trinajstić information content (AvgIpc) is 3.45. The van der Waals surface area contributed by atoms with Crippen LogP contribution in [0.5, 0.6) is 5.75 Å². The van der Waals surface area contributed by atoms with Crippen LogP contribution in [0, 0.1) is 11.6 Å². The molecule has 0 bridgehead atoms. The Labute approximate surface area is 276 Å². The zero-order valence-corrected chi connectivity index (χ0v) is 28.4. The molecule has 4 rings (SSSR count). The summed E-state index contributed by atoms with van der Waals surface area (Å²) < 4.78 is 50.4. The minimum Gasteiger partial charge on any atom is -0.486 e. The van der Waals surface area contributed by atoms with Gasteiger partial charge in [-0.1, -0.05) is 30.7 Å². The van der Waals surface area contributed by atoms with E-state index >= 15 is 0 Å².